The van der Waals surface area contributed by atoms with Crippen LogP contribution in [0.2, 0.25) is 5.02 Å². The Kier molecular flexibility index (Phi) is 4.24. The van der Waals surface area contributed by atoms with Crippen LogP contribution in [-0.4, -0.2) is 12.6 Å². The predicted molar refractivity (Wildman–Crippen MR) is 68.2 cm³/mol. The summed E-state index contributed by atoms with van der Waals surface area (Å²) in [6.07, 6.45) is 0.599. The molecule has 2 rings (SSSR count). The molecule has 0 aromatic heterocycles. The summed E-state index contributed by atoms with van der Waals surface area (Å²) in [4.78, 5) is 0. The lowest BCUT2D eigenvalue weighted by Crippen LogP contribution is -2.24. The Hall–Kier alpha value is -1.36. The van der Waals surface area contributed by atoms with E-state index in [1.807, 2.05) is 6.08 Å². The SMILES string of the molecule is FC(F)(F)c1cc(Cl)ccc1NCC1CCC=CO1. The third-order valence-electron chi connectivity index (χ3n) is 2.83. The number of rotatable bonds is 3. The third-order valence-corrected chi connectivity index (χ3v) is 3.06. The van der Waals surface area contributed by atoms with Crippen molar-refractivity contribution in [2.24, 2.45) is 0 Å². The summed E-state index contributed by atoms with van der Waals surface area (Å²) in [5.74, 6) is 0. The first-order chi connectivity index (χ1) is 8.97. The van der Waals surface area contributed by atoms with E-state index in [1.165, 1.54) is 12.1 Å². The van der Waals surface area contributed by atoms with Gasteiger partial charge in [-0.2, -0.15) is 13.2 Å². The Morgan fingerprint density at radius 1 is 1.37 bits per heavy atom. The van der Waals surface area contributed by atoms with Gasteiger partial charge in [0.25, 0.3) is 0 Å². The second kappa shape index (κ2) is 5.74. The number of hydrogen-bond donors (Lipinski definition) is 1. The van der Waals surface area contributed by atoms with E-state index in [2.05, 4.69) is 5.32 Å². The summed E-state index contributed by atoms with van der Waals surface area (Å²) in [6, 6.07) is 3.69. The van der Waals surface area contributed by atoms with Gasteiger partial charge in [-0.3, -0.25) is 0 Å². The fourth-order valence-corrected chi connectivity index (χ4v) is 2.04. The molecule has 1 aliphatic heterocycles. The first kappa shape index (κ1) is 14.1. The van der Waals surface area contributed by atoms with E-state index in [0.717, 1.165) is 18.9 Å². The molecule has 0 fully saturated rings. The van der Waals surface area contributed by atoms with E-state index >= 15 is 0 Å². The molecule has 0 amide bonds. The molecule has 2 nitrogen and oxygen atoms in total. The highest BCUT2D eigenvalue weighted by molar-refractivity contribution is 6.30. The van der Waals surface area contributed by atoms with Gasteiger partial charge in [-0.05, 0) is 37.1 Å². The molecule has 0 radical (unpaired) electrons. The van der Waals surface area contributed by atoms with Gasteiger partial charge >= 0.3 is 6.18 Å². The van der Waals surface area contributed by atoms with Crippen molar-refractivity contribution in [3.8, 4) is 0 Å². The number of hydrogen-bond acceptors (Lipinski definition) is 2. The zero-order chi connectivity index (χ0) is 13.9. The number of allylic oxidation sites excluding steroid dienone is 1. The van der Waals surface area contributed by atoms with Crippen molar-refractivity contribution >= 4 is 17.3 Å². The Morgan fingerprint density at radius 3 is 2.79 bits per heavy atom. The fourth-order valence-electron chi connectivity index (χ4n) is 1.86. The van der Waals surface area contributed by atoms with E-state index in [0.29, 0.717) is 6.54 Å². The number of nitrogens with one attached hydrogen (secondary N) is 1. The quantitative estimate of drug-likeness (QED) is 0.887. The minimum Gasteiger partial charge on any atom is -0.497 e. The van der Waals surface area contributed by atoms with Crippen LogP contribution in [0.4, 0.5) is 18.9 Å². The molecule has 0 aliphatic carbocycles. The summed E-state index contributed by atoms with van der Waals surface area (Å²) in [5.41, 5.74) is -0.735. The Bertz CT molecular complexity index is 473. The molecule has 0 saturated heterocycles. The largest absolute Gasteiger partial charge is 0.497 e. The fraction of sp³-hybridized carbons (Fsp3) is 0.385. The van der Waals surface area contributed by atoms with Gasteiger partial charge in [0.2, 0.25) is 0 Å². The molecule has 1 aromatic carbocycles. The smallest absolute Gasteiger partial charge is 0.418 e. The molecule has 0 saturated carbocycles. The Morgan fingerprint density at radius 2 is 2.16 bits per heavy atom. The second-order valence-electron chi connectivity index (χ2n) is 4.28. The van der Waals surface area contributed by atoms with E-state index in [4.69, 9.17) is 16.3 Å². The summed E-state index contributed by atoms with van der Waals surface area (Å²) < 4.78 is 43.9. The topological polar surface area (TPSA) is 21.3 Å². The molecule has 104 valence electrons. The van der Waals surface area contributed by atoms with Crippen molar-refractivity contribution in [1.82, 2.24) is 0 Å². The van der Waals surface area contributed by atoms with Crippen LogP contribution in [0.15, 0.2) is 30.5 Å². The number of benzene rings is 1. The van der Waals surface area contributed by atoms with E-state index < -0.39 is 11.7 Å². The molecule has 19 heavy (non-hydrogen) atoms. The third kappa shape index (κ3) is 3.80. The molecule has 0 bridgehead atoms. The molecule has 0 spiro atoms. The molecule has 6 heteroatoms. The van der Waals surface area contributed by atoms with E-state index in [1.54, 1.807) is 6.26 Å². The lowest BCUT2D eigenvalue weighted by molar-refractivity contribution is -0.137. The normalized spacial score (nSPS) is 19.1. The van der Waals surface area contributed by atoms with Crippen LogP contribution < -0.4 is 5.32 Å². The van der Waals surface area contributed by atoms with Crippen molar-refractivity contribution in [2.45, 2.75) is 25.1 Å². The van der Waals surface area contributed by atoms with Crippen LogP contribution in [0.1, 0.15) is 18.4 Å². The number of alkyl halides is 3. The first-order valence-electron chi connectivity index (χ1n) is 5.88. The van der Waals surface area contributed by atoms with Gasteiger partial charge in [0.05, 0.1) is 18.4 Å². The van der Waals surface area contributed by atoms with Crippen molar-refractivity contribution < 1.29 is 17.9 Å². The van der Waals surface area contributed by atoms with Crippen LogP contribution in [-0.2, 0) is 10.9 Å². The molecule has 1 unspecified atom stereocenters. The second-order valence-corrected chi connectivity index (χ2v) is 4.71. The van der Waals surface area contributed by atoms with Crippen molar-refractivity contribution in [1.29, 1.82) is 0 Å². The average molecular weight is 292 g/mol. The lowest BCUT2D eigenvalue weighted by Gasteiger charge is -2.21. The lowest BCUT2D eigenvalue weighted by atomic mass is 10.1. The Balaban J connectivity index is 2.09. The molecular weight excluding hydrogens is 279 g/mol. The summed E-state index contributed by atoms with van der Waals surface area (Å²) >= 11 is 5.61. The van der Waals surface area contributed by atoms with Crippen LogP contribution >= 0.6 is 11.6 Å². The summed E-state index contributed by atoms with van der Waals surface area (Å²) in [7, 11) is 0. The van der Waals surface area contributed by atoms with Gasteiger partial charge in [0.1, 0.15) is 6.10 Å². The number of halogens is 4. The molecule has 1 atom stereocenters. The predicted octanol–water partition coefficient (Wildman–Crippen LogP) is 4.46. The number of anilines is 1. The standard InChI is InChI=1S/C13H13ClF3NO/c14-9-4-5-12(11(7-9)13(15,16)17)18-8-10-3-1-2-6-19-10/h2,4-7,10,18H,1,3,8H2. The zero-order valence-electron chi connectivity index (χ0n) is 10.0. The molecule has 1 aromatic rings. The number of ether oxygens (including phenoxy) is 1. The van der Waals surface area contributed by atoms with Gasteiger partial charge in [0.15, 0.2) is 0 Å². The highest BCUT2D eigenvalue weighted by Crippen LogP contribution is 2.36. The molecule has 1 aliphatic rings. The Labute approximate surface area is 114 Å². The van der Waals surface area contributed by atoms with E-state index in [9.17, 15) is 13.2 Å². The van der Waals surface area contributed by atoms with Gasteiger partial charge in [0, 0.05) is 10.7 Å². The van der Waals surface area contributed by atoms with E-state index in [-0.39, 0.29) is 16.8 Å². The van der Waals surface area contributed by atoms with Crippen molar-refractivity contribution in [3.05, 3.63) is 41.1 Å². The average Bonchev–Trinajstić information content (AvgIpc) is 2.37. The monoisotopic (exact) mass is 291 g/mol. The van der Waals surface area contributed by atoms with Crippen LogP contribution in [0.3, 0.4) is 0 Å². The van der Waals surface area contributed by atoms with Crippen LogP contribution in [0, 0.1) is 0 Å². The minimum atomic E-state index is -4.43. The van der Waals surface area contributed by atoms with Crippen LogP contribution in [0.5, 0.6) is 0 Å². The van der Waals surface area contributed by atoms with Crippen molar-refractivity contribution in [3.63, 3.8) is 0 Å². The van der Waals surface area contributed by atoms with Crippen molar-refractivity contribution in [2.75, 3.05) is 11.9 Å². The van der Waals surface area contributed by atoms with Gasteiger partial charge in [-0.1, -0.05) is 11.6 Å². The minimum absolute atomic E-state index is 0.0232. The summed E-state index contributed by atoms with van der Waals surface area (Å²) in [6.45, 7) is 0.328. The maximum absolute atomic E-state index is 12.9. The highest BCUT2D eigenvalue weighted by atomic mass is 35.5. The van der Waals surface area contributed by atoms with Gasteiger partial charge in [-0.25, -0.2) is 0 Å². The first-order valence-corrected chi connectivity index (χ1v) is 6.25. The van der Waals surface area contributed by atoms with Gasteiger partial charge < -0.3 is 10.1 Å². The molecule has 1 N–H and O–H groups in total. The van der Waals surface area contributed by atoms with Gasteiger partial charge in [-0.15, -0.1) is 0 Å². The molecule has 1 heterocycles. The maximum atomic E-state index is 12.9. The summed E-state index contributed by atoms with van der Waals surface area (Å²) in [5, 5.41) is 2.84. The van der Waals surface area contributed by atoms with Crippen LogP contribution in [0.25, 0.3) is 0 Å². The molecular formula is C13H13ClF3NO. The highest BCUT2D eigenvalue weighted by Gasteiger charge is 2.33. The zero-order valence-corrected chi connectivity index (χ0v) is 10.8. The maximum Gasteiger partial charge on any atom is 0.418 e.